The van der Waals surface area contributed by atoms with Gasteiger partial charge in [0.25, 0.3) is 0 Å². The van der Waals surface area contributed by atoms with Crippen molar-refractivity contribution in [2.75, 3.05) is 43.4 Å². The fraction of sp³-hybridized carbons (Fsp3) is 0.385. The maximum absolute atomic E-state index is 11.7. The molecule has 2 aromatic heterocycles. The third-order valence-corrected chi connectivity index (χ3v) is 5.18. The molecule has 0 fully saturated rings. The van der Waals surface area contributed by atoms with Crippen molar-refractivity contribution >= 4 is 17.6 Å². The van der Waals surface area contributed by atoms with Gasteiger partial charge in [-0.1, -0.05) is 30.3 Å². The van der Waals surface area contributed by atoms with Gasteiger partial charge in [0.1, 0.15) is 17.3 Å². The maximum Gasteiger partial charge on any atom is 0.307 e. The van der Waals surface area contributed by atoms with Crippen LogP contribution in [0.15, 0.2) is 54.7 Å². The van der Waals surface area contributed by atoms with Crippen LogP contribution in [0, 0.1) is 0 Å². The first-order valence-electron chi connectivity index (χ1n) is 12.1. The van der Waals surface area contributed by atoms with E-state index in [4.69, 9.17) is 15.5 Å². The highest BCUT2D eigenvalue weighted by Gasteiger charge is 2.10. The highest BCUT2D eigenvalue weighted by Crippen LogP contribution is 2.21. The summed E-state index contributed by atoms with van der Waals surface area (Å²) < 4.78 is 5.01. The number of hydrogen-bond donors (Lipinski definition) is 4. The van der Waals surface area contributed by atoms with Crippen LogP contribution in [0.2, 0.25) is 0 Å². The number of rotatable bonds is 15. The van der Waals surface area contributed by atoms with Crippen LogP contribution >= 0.6 is 0 Å². The fourth-order valence-electron chi connectivity index (χ4n) is 3.45. The molecule has 0 aliphatic carbocycles. The van der Waals surface area contributed by atoms with E-state index in [0.717, 1.165) is 31.5 Å². The number of nitrogens with zero attached hydrogens (tertiary/aromatic N) is 3. The Bertz CT molecular complexity index is 1050. The minimum atomic E-state index is -0.243. The van der Waals surface area contributed by atoms with Crippen LogP contribution in [0.5, 0.6) is 0 Å². The second-order valence-corrected chi connectivity index (χ2v) is 7.97. The number of pyridine rings is 1. The molecule has 0 radical (unpaired) electrons. The molecule has 0 spiro atoms. The fourth-order valence-corrected chi connectivity index (χ4v) is 3.45. The summed E-state index contributed by atoms with van der Waals surface area (Å²) in [7, 11) is 0. The van der Waals surface area contributed by atoms with Gasteiger partial charge < -0.3 is 26.4 Å². The predicted molar refractivity (Wildman–Crippen MR) is 139 cm³/mol. The number of esters is 1. The van der Waals surface area contributed by atoms with Gasteiger partial charge in [0.05, 0.1) is 13.0 Å². The normalized spacial score (nSPS) is 10.7. The number of nitrogens with one attached hydrogen (secondary N) is 3. The molecule has 5 N–H and O–H groups in total. The first-order valence-corrected chi connectivity index (χ1v) is 12.1. The number of carbonyl (C=O) groups is 1. The van der Waals surface area contributed by atoms with Crippen LogP contribution in [-0.4, -0.2) is 53.7 Å². The van der Waals surface area contributed by atoms with Crippen LogP contribution in [-0.2, 0) is 22.5 Å². The predicted octanol–water partition coefficient (Wildman–Crippen LogP) is 3.00. The lowest BCUT2D eigenvalue weighted by Gasteiger charge is -2.12. The molecule has 9 heteroatoms. The number of benzene rings is 1. The third-order valence-electron chi connectivity index (χ3n) is 5.18. The number of carbonyl (C=O) groups excluding carboxylic acids is 1. The molecular formula is C26H35N7O2. The van der Waals surface area contributed by atoms with E-state index in [1.165, 1.54) is 5.56 Å². The minimum Gasteiger partial charge on any atom is -0.466 e. The van der Waals surface area contributed by atoms with E-state index in [1.54, 1.807) is 13.1 Å². The molecule has 0 aliphatic rings. The van der Waals surface area contributed by atoms with Crippen molar-refractivity contribution in [1.82, 2.24) is 20.3 Å². The Balaban J connectivity index is 1.74. The Hall–Kier alpha value is -3.56. The van der Waals surface area contributed by atoms with Crippen molar-refractivity contribution in [3.8, 4) is 11.5 Å². The Morgan fingerprint density at radius 2 is 1.77 bits per heavy atom. The molecule has 0 saturated heterocycles. The SMILES string of the molecule is CCOC(=O)CCNc1cc(NCc2ccccc2)nc(-c2cc(CCCNCCN)ccn2)n1. The lowest BCUT2D eigenvalue weighted by Crippen LogP contribution is -2.23. The van der Waals surface area contributed by atoms with Crippen LogP contribution in [0.3, 0.4) is 0 Å². The Morgan fingerprint density at radius 1 is 0.971 bits per heavy atom. The zero-order chi connectivity index (χ0) is 24.7. The van der Waals surface area contributed by atoms with Crippen LogP contribution in [0.4, 0.5) is 11.6 Å². The van der Waals surface area contributed by atoms with Gasteiger partial charge in [-0.2, -0.15) is 0 Å². The maximum atomic E-state index is 11.7. The third kappa shape index (κ3) is 9.30. The highest BCUT2D eigenvalue weighted by atomic mass is 16.5. The molecule has 0 saturated carbocycles. The molecule has 3 aromatic rings. The number of aromatic nitrogens is 3. The summed E-state index contributed by atoms with van der Waals surface area (Å²) in [5.41, 5.74) is 8.55. The highest BCUT2D eigenvalue weighted by molar-refractivity contribution is 5.70. The van der Waals surface area contributed by atoms with E-state index in [0.29, 0.717) is 49.4 Å². The molecule has 0 atom stereocenters. The monoisotopic (exact) mass is 477 g/mol. The van der Waals surface area contributed by atoms with Gasteiger partial charge >= 0.3 is 5.97 Å². The zero-order valence-electron chi connectivity index (χ0n) is 20.3. The lowest BCUT2D eigenvalue weighted by atomic mass is 10.1. The molecule has 2 heterocycles. The summed E-state index contributed by atoms with van der Waals surface area (Å²) in [4.78, 5) is 25.6. The minimum absolute atomic E-state index is 0.243. The van der Waals surface area contributed by atoms with E-state index in [9.17, 15) is 4.79 Å². The molecule has 186 valence electrons. The summed E-state index contributed by atoms with van der Waals surface area (Å²) >= 11 is 0. The van der Waals surface area contributed by atoms with Gasteiger partial charge in [-0.25, -0.2) is 9.97 Å². The second-order valence-electron chi connectivity index (χ2n) is 7.97. The summed E-state index contributed by atoms with van der Waals surface area (Å²) in [6, 6.07) is 16.0. The van der Waals surface area contributed by atoms with E-state index in [1.807, 2.05) is 36.4 Å². The van der Waals surface area contributed by atoms with Gasteiger partial charge in [0, 0.05) is 38.4 Å². The smallest absolute Gasteiger partial charge is 0.307 e. The Labute approximate surface area is 206 Å². The summed E-state index contributed by atoms with van der Waals surface area (Å²) in [5.74, 6) is 1.57. The van der Waals surface area contributed by atoms with Gasteiger partial charge in [-0.15, -0.1) is 0 Å². The van der Waals surface area contributed by atoms with Crippen molar-refractivity contribution < 1.29 is 9.53 Å². The van der Waals surface area contributed by atoms with Crippen molar-refractivity contribution in [3.63, 3.8) is 0 Å². The standard InChI is InChI=1S/C26H35N7O2/c1-2-35-25(34)11-15-30-23-18-24(31-19-21-7-4-3-5-8-21)33-26(32-23)22-17-20(10-14-29-22)9-6-13-28-16-12-27/h3-5,7-8,10,14,17-18,28H,2,6,9,11-13,15-16,19,27H2,1H3,(H2,30,31,32,33). The van der Waals surface area contributed by atoms with Gasteiger partial charge in [0.15, 0.2) is 5.82 Å². The molecule has 3 rings (SSSR count). The van der Waals surface area contributed by atoms with E-state index < -0.39 is 0 Å². The van der Waals surface area contributed by atoms with E-state index in [2.05, 4.69) is 38.1 Å². The number of nitrogens with two attached hydrogens (primary N) is 1. The summed E-state index contributed by atoms with van der Waals surface area (Å²) in [6.45, 7) is 5.59. The van der Waals surface area contributed by atoms with Crippen LogP contribution in [0.25, 0.3) is 11.5 Å². The lowest BCUT2D eigenvalue weighted by molar-refractivity contribution is -0.142. The number of ether oxygens (including phenoxy) is 1. The topological polar surface area (TPSA) is 127 Å². The quantitative estimate of drug-likeness (QED) is 0.193. The molecule has 0 amide bonds. The average Bonchev–Trinajstić information content (AvgIpc) is 2.88. The molecule has 9 nitrogen and oxygen atoms in total. The van der Waals surface area contributed by atoms with Crippen molar-refractivity contribution in [2.24, 2.45) is 5.73 Å². The van der Waals surface area contributed by atoms with Crippen LogP contribution in [0.1, 0.15) is 30.9 Å². The van der Waals surface area contributed by atoms with Crippen molar-refractivity contribution in [2.45, 2.75) is 32.7 Å². The molecule has 35 heavy (non-hydrogen) atoms. The van der Waals surface area contributed by atoms with Crippen molar-refractivity contribution in [1.29, 1.82) is 0 Å². The first kappa shape index (κ1) is 26.1. The van der Waals surface area contributed by atoms with Gasteiger partial charge in [0.2, 0.25) is 0 Å². The summed E-state index contributed by atoms with van der Waals surface area (Å²) in [6.07, 6.45) is 3.97. The van der Waals surface area contributed by atoms with E-state index >= 15 is 0 Å². The second kappa shape index (κ2) is 14.6. The van der Waals surface area contributed by atoms with Crippen molar-refractivity contribution in [3.05, 3.63) is 65.9 Å². The largest absolute Gasteiger partial charge is 0.466 e. The Morgan fingerprint density at radius 3 is 2.54 bits per heavy atom. The average molecular weight is 478 g/mol. The van der Waals surface area contributed by atoms with Crippen LogP contribution < -0.4 is 21.7 Å². The number of anilines is 2. The molecule has 0 aliphatic heterocycles. The Kier molecular flexibility index (Phi) is 10.9. The summed E-state index contributed by atoms with van der Waals surface area (Å²) in [5, 5.41) is 9.90. The number of hydrogen-bond acceptors (Lipinski definition) is 9. The molecule has 0 unspecified atom stereocenters. The molecular weight excluding hydrogens is 442 g/mol. The van der Waals surface area contributed by atoms with Gasteiger partial charge in [-0.3, -0.25) is 9.78 Å². The molecule has 0 bridgehead atoms. The van der Waals surface area contributed by atoms with Gasteiger partial charge in [-0.05, 0) is 49.6 Å². The zero-order valence-corrected chi connectivity index (χ0v) is 20.3. The number of aryl methyl sites for hydroxylation is 1. The first-order chi connectivity index (χ1) is 17.2. The molecule has 1 aromatic carbocycles. The van der Waals surface area contributed by atoms with E-state index in [-0.39, 0.29) is 12.4 Å².